The Labute approximate surface area is 164 Å². The second-order valence-corrected chi connectivity index (χ2v) is 7.28. The largest absolute Gasteiger partial charge is 0.295 e. The summed E-state index contributed by atoms with van der Waals surface area (Å²) in [6.45, 7) is 0. The van der Waals surface area contributed by atoms with E-state index in [2.05, 4.69) is 15.2 Å². The van der Waals surface area contributed by atoms with Crippen molar-refractivity contribution >= 4 is 28.4 Å². The SMILES string of the molecule is Cn1c(=O)c2ccccc2n2c(CSc3nccn3-c3ccccc3)nnc12. The van der Waals surface area contributed by atoms with Gasteiger partial charge in [0.2, 0.25) is 5.78 Å². The van der Waals surface area contributed by atoms with Gasteiger partial charge in [-0.15, -0.1) is 10.2 Å². The lowest BCUT2D eigenvalue weighted by Gasteiger charge is -2.09. The maximum Gasteiger partial charge on any atom is 0.262 e. The van der Waals surface area contributed by atoms with Crippen molar-refractivity contribution in [1.29, 1.82) is 0 Å². The van der Waals surface area contributed by atoms with Crippen LogP contribution < -0.4 is 5.56 Å². The number of hydrogen-bond donors (Lipinski definition) is 0. The summed E-state index contributed by atoms with van der Waals surface area (Å²) in [7, 11) is 1.72. The van der Waals surface area contributed by atoms with Crippen molar-refractivity contribution in [2.75, 3.05) is 0 Å². The zero-order valence-corrected chi connectivity index (χ0v) is 15.9. The maximum absolute atomic E-state index is 12.6. The second kappa shape index (κ2) is 6.65. The summed E-state index contributed by atoms with van der Waals surface area (Å²) in [6, 6.07) is 17.6. The predicted molar refractivity (Wildman–Crippen MR) is 109 cm³/mol. The van der Waals surface area contributed by atoms with Crippen molar-refractivity contribution in [3.05, 3.63) is 83.2 Å². The number of hydrogen-bond acceptors (Lipinski definition) is 5. The van der Waals surface area contributed by atoms with Gasteiger partial charge in [-0.1, -0.05) is 42.1 Å². The molecule has 0 N–H and O–H groups in total. The number of benzene rings is 2. The van der Waals surface area contributed by atoms with Gasteiger partial charge >= 0.3 is 0 Å². The van der Waals surface area contributed by atoms with Gasteiger partial charge in [-0.25, -0.2) is 4.98 Å². The Kier molecular flexibility index (Phi) is 3.98. The van der Waals surface area contributed by atoms with Crippen LogP contribution in [0.1, 0.15) is 5.82 Å². The summed E-state index contributed by atoms with van der Waals surface area (Å²) in [6.07, 6.45) is 3.73. The molecule has 0 radical (unpaired) electrons. The van der Waals surface area contributed by atoms with Crippen LogP contribution in [0.3, 0.4) is 0 Å². The topological polar surface area (TPSA) is 70.0 Å². The van der Waals surface area contributed by atoms with Crippen molar-refractivity contribution in [1.82, 2.24) is 28.7 Å². The average Bonchev–Trinajstić information content (AvgIpc) is 3.38. The molecule has 0 spiro atoms. The first kappa shape index (κ1) is 16.8. The third-order valence-electron chi connectivity index (χ3n) is 4.66. The summed E-state index contributed by atoms with van der Waals surface area (Å²) in [5.74, 6) is 1.88. The summed E-state index contributed by atoms with van der Waals surface area (Å²) >= 11 is 1.58. The average molecular weight is 388 g/mol. The van der Waals surface area contributed by atoms with Crippen molar-refractivity contribution in [3.63, 3.8) is 0 Å². The summed E-state index contributed by atoms with van der Waals surface area (Å²) in [5.41, 5.74) is 1.79. The molecule has 2 aromatic carbocycles. The van der Waals surface area contributed by atoms with Crippen molar-refractivity contribution in [2.45, 2.75) is 10.9 Å². The number of para-hydroxylation sites is 2. The zero-order chi connectivity index (χ0) is 19.1. The Bertz CT molecular complexity index is 1350. The van der Waals surface area contributed by atoms with Crippen LogP contribution >= 0.6 is 11.8 Å². The highest BCUT2D eigenvalue weighted by molar-refractivity contribution is 7.98. The highest BCUT2D eigenvalue weighted by Crippen LogP contribution is 2.24. The number of imidazole rings is 1. The minimum absolute atomic E-state index is 0.0747. The number of fused-ring (bicyclic) bond motifs is 3. The molecule has 0 unspecified atom stereocenters. The quantitative estimate of drug-likeness (QED) is 0.443. The van der Waals surface area contributed by atoms with Gasteiger partial charge < -0.3 is 0 Å². The summed E-state index contributed by atoms with van der Waals surface area (Å²) < 4.78 is 5.52. The highest BCUT2D eigenvalue weighted by atomic mass is 32.2. The fourth-order valence-corrected chi connectivity index (χ4v) is 4.18. The Balaban J connectivity index is 1.56. The molecule has 3 heterocycles. The molecule has 8 heteroatoms. The Morgan fingerprint density at radius 3 is 2.64 bits per heavy atom. The van der Waals surface area contributed by atoms with E-state index in [1.165, 1.54) is 4.57 Å². The minimum atomic E-state index is -0.0747. The van der Waals surface area contributed by atoms with Gasteiger partial charge in [-0.3, -0.25) is 18.3 Å². The lowest BCUT2D eigenvalue weighted by Crippen LogP contribution is -2.20. The predicted octanol–water partition coefficient (Wildman–Crippen LogP) is 3.06. The summed E-state index contributed by atoms with van der Waals surface area (Å²) in [5, 5.41) is 10.1. The molecule has 138 valence electrons. The molecule has 0 saturated heterocycles. The third kappa shape index (κ3) is 2.61. The molecule has 0 saturated carbocycles. The highest BCUT2D eigenvalue weighted by Gasteiger charge is 2.15. The fraction of sp³-hybridized carbons (Fsp3) is 0.100. The van der Waals surface area contributed by atoms with E-state index in [9.17, 15) is 4.79 Å². The van der Waals surface area contributed by atoms with Crippen LogP contribution in [0.4, 0.5) is 0 Å². The molecule has 0 aliphatic rings. The van der Waals surface area contributed by atoms with E-state index >= 15 is 0 Å². The second-order valence-electron chi connectivity index (χ2n) is 6.34. The van der Waals surface area contributed by atoms with Crippen molar-refractivity contribution < 1.29 is 0 Å². The first-order valence-electron chi connectivity index (χ1n) is 8.77. The van der Waals surface area contributed by atoms with Crippen LogP contribution in [0.15, 0.2) is 76.9 Å². The van der Waals surface area contributed by atoms with E-state index in [1.807, 2.05) is 69.8 Å². The molecule has 0 bridgehead atoms. The first-order valence-corrected chi connectivity index (χ1v) is 9.76. The van der Waals surface area contributed by atoms with E-state index in [0.717, 1.165) is 22.2 Å². The van der Waals surface area contributed by atoms with Crippen LogP contribution in [0.5, 0.6) is 0 Å². The van der Waals surface area contributed by atoms with Crippen LogP contribution in [-0.2, 0) is 12.8 Å². The molecule has 28 heavy (non-hydrogen) atoms. The van der Waals surface area contributed by atoms with E-state index < -0.39 is 0 Å². The normalized spacial score (nSPS) is 11.5. The van der Waals surface area contributed by atoms with Crippen molar-refractivity contribution in [3.8, 4) is 5.69 Å². The molecular weight excluding hydrogens is 372 g/mol. The van der Waals surface area contributed by atoms with E-state index in [4.69, 9.17) is 0 Å². The van der Waals surface area contributed by atoms with Crippen LogP contribution in [0.25, 0.3) is 22.4 Å². The van der Waals surface area contributed by atoms with Gasteiger partial charge in [0, 0.05) is 25.1 Å². The lowest BCUT2D eigenvalue weighted by molar-refractivity contribution is 0.857. The number of nitrogens with zero attached hydrogens (tertiary/aromatic N) is 6. The molecule has 3 aromatic heterocycles. The molecule has 7 nitrogen and oxygen atoms in total. The van der Waals surface area contributed by atoms with Gasteiger partial charge in [-0.2, -0.15) is 0 Å². The molecule has 0 amide bonds. The number of rotatable bonds is 4. The monoisotopic (exact) mass is 388 g/mol. The van der Waals surface area contributed by atoms with E-state index in [0.29, 0.717) is 16.9 Å². The first-order chi connectivity index (χ1) is 13.7. The fourth-order valence-electron chi connectivity index (χ4n) is 3.30. The minimum Gasteiger partial charge on any atom is -0.295 e. The number of aromatic nitrogens is 6. The summed E-state index contributed by atoms with van der Waals surface area (Å²) in [4.78, 5) is 17.0. The Morgan fingerprint density at radius 1 is 1.00 bits per heavy atom. The molecule has 0 aliphatic heterocycles. The lowest BCUT2D eigenvalue weighted by atomic mass is 10.2. The van der Waals surface area contributed by atoms with E-state index in [1.54, 1.807) is 25.0 Å². The smallest absolute Gasteiger partial charge is 0.262 e. The Hall–Kier alpha value is -3.39. The molecule has 0 aliphatic carbocycles. The third-order valence-corrected chi connectivity index (χ3v) is 5.63. The van der Waals surface area contributed by atoms with Gasteiger partial charge in [0.25, 0.3) is 5.56 Å². The van der Waals surface area contributed by atoms with Gasteiger partial charge in [0.1, 0.15) is 5.82 Å². The molecule has 5 aromatic rings. The van der Waals surface area contributed by atoms with Gasteiger partial charge in [0.15, 0.2) is 5.16 Å². The van der Waals surface area contributed by atoms with Crippen molar-refractivity contribution in [2.24, 2.45) is 7.05 Å². The van der Waals surface area contributed by atoms with Gasteiger partial charge in [0.05, 0.1) is 16.7 Å². The number of aryl methyl sites for hydroxylation is 1. The van der Waals surface area contributed by atoms with Crippen LogP contribution in [0, 0.1) is 0 Å². The molecule has 0 atom stereocenters. The molecular formula is C20H16N6OS. The molecule has 5 rings (SSSR count). The van der Waals surface area contributed by atoms with Crippen LogP contribution in [0.2, 0.25) is 0 Å². The zero-order valence-electron chi connectivity index (χ0n) is 15.1. The van der Waals surface area contributed by atoms with Gasteiger partial charge in [-0.05, 0) is 24.3 Å². The standard InChI is InChI=1S/C20H16N6OS/c1-24-18(27)15-9-5-6-10-16(15)26-17(22-23-19(24)26)13-28-20-21-11-12-25(20)14-7-3-2-4-8-14/h2-12H,13H2,1H3. The maximum atomic E-state index is 12.6. The Morgan fingerprint density at radius 2 is 1.79 bits per heavy atom. The number of thioether (sulfide) groups is 1. The molecule has 0 fully saturated rings. The van der Waals surface area contributed by atoms with E-state index in [-0.39, 0.29) is 5.56 Å². The van der Waals surface area contributed by atoms with Crippen LogP contribution in [-0.4, -0.2) is 28.7 Å².